The number of rotatable bonds is 3. The fourth-order valence-electron chi connectivity index (χ4n) is 1.88. The second-order valence-corrected chi connectivity index (χ2v) is 4.73. The maximum Gasteiger partial charge on any atom is 0.258 e. The van der Waals surface area contributed by atoms with Gasteiger partial charge in [0.05, 0.1) is 0 Å². The van der Waals surface area contributed by atoms with E-state index in [0.29, 0.717) is 34.4 Å². The molecule has 0 spiro atoms. The molecule has 0 aliphatic carbocycles. The van der Waals surface area contributed by atoms with Gasteiger partial charge in [-0.25, -0.2) is 4.98 Å². The zero-order valence-corrected chi connectivity index (χ0v) is 11.6. The highest BCUT2D eigenvalue weighted by Crippen LogP contribution is 2.21. The van der Waals surface area contributed by atoms with Crippen molar-refractivity contribution < 1.29 is 4.52 Å². The van der Waals surface area contributed by atoms with E-state index in [-0.39, 0.29) is 0 Å². The molecule has 3 rings (SSSR count). The quantitative estimate of drug-likeness (QED) is 0.741. The summed E-state index contributed by atoms with van der Waals surface area (Å²) in [5.74, 6) is 0.893. The van der Waals surface area contributed by atoms with Crippen molar-refractivity contribution in [3.63, 3.8) is 0 Å². The van der Waals surface area contributed by atoms with E-state index in [2.05, 4.69) is 15.1 Å². The SMILES string of the molecule is N#Cc1cc(-c2nc(Cc3ccccc3Cl)no2)ccn1. The number of nitriles is 1. The van der Waals surface area contributed by atoms with Crippen molar-refractivity contribution in [1.29, 1.82) is 5.26 Å². The van der Waals surface area contributed by atoms with Crippen LogP contribution in [0.5, 0.6) is 0 Å². The van der Waals surface area contributed by atoms with Gasteiger partial charge in [0.2, 0.25) is 0 Å². The first kappa shape index (κ1) is 13.3. The molecule has 0 radical (unpaired) electrons. The van der Waals surface area contributed by atoms with E-state index in [1.54, 1.807) is 12.1 Å². The first-order chi connectivity index (χ1) is 10.3. The van der Waals surface area contributed by atoms with Crippen LogP contribution in [0.4, 0.5) is 0 Å². The van der Waals surface area contributed by atoms with E-state index in [4.69, 9.17) is 21.4 Å². The molecule has 0 unspecified atom stereocenters. The third-order valence-electron chi connectivity index (χ3n) is 2.90. The number of aromatic nitrogens is 3. The summed E-state index contributed by atoms with van der Waals surface area (Å²) in [6.07, 6.45) is 2.02. The van der Waals surface area contributed by atoms with Gasteiger partial charge in [0.15, 0.2) is 5.82 Å². The number of pyridine rings is 1. The fourth-order valence-corrected chi connectivity index (χ4v) is 2.08. The molecule has 0 aliphatic rings. The van der Waals surface area contributed by atoms with Gasteiger partial charge in [0.1, 0.15) is 11.8 Å². The van der Waals surface area contributed by atoms with Crippen molar-refractivity contribution >= 4 is 11.6 Å². The predicted molar refractivity (Wildman–Crippen MR) is 76.5 cm³/mol. The number of hydrogen-bond donors (Lipinski definition) is 0. The molecule has 0 aliphatic heterocycles. The van der Waals surface area contributed by atoms with Gasteiger partial charge in [-0.2, -0.15) is 10.2 Å². The van der Waals surface area contributed by atoms with Gasteiger partial charge < -0.3 is 4.52 Å². The summed E-state index contributed by atoms with van der Waals surface area (Å²) < 4.78 is 5.22. The van der Waals surface area contributed by atoms with Crippen molar-refractivity contribution in [2.45, 2.75) is 6.42 Å². The van der Waals surface area contributed by atoms with Crippen molar-refractivity contribution in [1.82, 2.24) is 15.1 Å². The number of hydrogen-bond acceptors (Lipinski definition) is 5. The molecular weight excluding hydrogens is 288 g/mol. The Morgan fingerprint density at radius 3 is 2.90 bits per heavy atom. The van der Waals surface area contributed by atoms with E-state index in [1.165, 1.54) is 6.20 Å². The molecule has 21 heavy (non-hydrogen) atoms. The highest BCUT2D eigenvalue weighted by Gasteiger charge is 2.11. The third-order valence-corrected chi connectivity index (χ3v) is 3.26. The van der Waals surface area contributed by atoms with Crippen molar-refractivity contribution in [2.24, 2.45) is 0 Å². The molecule has 0 bridgehead atoms. The molecule has 2 heterocycles. The van der Waals surface area contributed by atoms with Gasteiger partial charge in [-0.15, -0.1) is 0 Å². The zero-order valence-electron chi connectivity index (χ0n) is 10.8. The molecule has 0 amide bonds. The van der Waals surface area contributed by atoms with Crippen LogP contribution in [0.25, 0.3) is 11.5 Å². The number of benzene rings is 1. The van der Waals surface area contributed by atoms with E-state index >= 15 is 0 Å². The van der Waals surface area contributed by atoms with E-state index in [1.807, 2.05) is 30.3 Å². The van der Waals surface area contributed by atoms with Crippen LogP contribution in [0.1, 0.15) is 17.1 Å². The molecule has 1 aromatic carbocycles. The largest absolute Gasteiger partial charge is 0.334 e. The number of halogens is 1. The van der Waals surface area contributed by atoms with Crippen LogP contribution in [-0.4, -0.2) is 15.1 Å². The van der Waals surface area contributed by atoms with E-state index in [0.717, 1.165) is 5.56 Å². The third kappa shape index (κ3) is 2.91. The number of nitrogens with zero attached hydrogens (tertiary/aromatic N) is 4. The molecule has 6 heteroatoms. The van der Waals surface area contributed by atoms with Gasteiger partial charge in [-0.3, -0.25) is 0 Å². The second-order valence-electron chi connectivity index (χ2n) is 4.33. The molecule has 0 fully saturated rings. The fraction of sp³-hybridized carbons (Fsp3) is 0.0667. The minimum atomic E-state index is 0.304. The first-order valence-corrected chi connectivity index (χ1v) is 6.56. The Hall–Kier alpha value is -2.71. The average Bonchev–Trinajstić information content (AvgIpc) is 2.98. The average molecular weight is 297 g/mol. The summed E-state index contributed by atoms with van der Waals surface area (Å²) in [5.41, 5.74) is 1.90. The minimum Gasteiger partial charge on any atom is -0.334 e. The summed E-state index contributed by atoms with van der Waals surface area (Å²) in [5, 5.41) is 13.4. The van der Waals surface area contributed by atoms with Crippen molar-refractivity contribution in [2.75, 3.05) is 0 Å². The summed E-state index contributed by atoms with van der Waals surface area (Å²) >= 11 is 6.11. The maximum absolute atomic E-state index is 8.85. The van der Waals surface area contributed by atoms with Crippen LogP contribution in [0, 0.1) is 11.3 Å². The summed E-state index contributed by atoms with van der Waals surface area (Å²) in [6, 6.07) is 12.8. The molecule has 0 saturated heterocycles. The Bertz CT molecular complexity index is 822. The van der Waals surface area contributed by atoms with Crippen LogP contribution in [0.15, 0.2) is 47.1 Å². The smallest absolute Gasteiger partial charge is 0.258 e. The van der Waals surface area contributed by atoms with Crippen molar-refractivity contribution in [3.05, 3.63) is 64.7 Å². The first-order valence-electron chi connectivity index (χ1n) is 6.19. The molecule has 3 aromatic rings. The van der Waals surface area contributed by atoms with Gasteiger partial charge in [0.25, 0.3) is 5.89 Å². The molecule has 0 N–H and O–H groups in total. The minimum absolute atomic E-state index is 0.304. The van der Waals surface area contributed by atoms with Crippen LogP contribution in [-0.2, 0) is 6.42 Å². The summed E-state index contributed by atoms with van der Waals surface area (Å²) in [6.45, 7) is 0. The van der Waals surface area contributed by atoms with E-state index in [9.17, 15) is 0 Å². The monoisotopic (exact) mass is 296 g/mol. The van der Waals surface area contributed by atoms with Gasteiger partial charge in [-0.05, 0) is 23.8 Å². The Morgan fingerprint density at radius 2 is 2.10 bits per heavy atom. The Labute approximate surface area is 125 Å². The molecule has 0 atom stereocenters. The lowest BCUT2D eigenvalue weighted by atomic mass is 10.1. The molecule has 102 valence electrons. The lowest BCUT2D eigenvalue weighted by molar-refractivity contribution is 0.424. The summed E-state index contributed by atoms with van der Waals surface area (Å²) in [7, 11) is 0. The van der Waals surface area contributed by atoms with Crippen LogP contribution in [0.2, 0.25) is 5.02 Å². The van der Waals surface area contributed by atoms with Crippen LogP contribution >= 0.6 is 11.6 Å². The van der Waals surface area contributed by atoms with Crippen molar-refractivity contribution in [3.8, 4) is 17.5 Å². The lowest BCUT2D eigenvalue weighted by Crippen LogP contribution is -1.91. The van der Waals surface area contributed by atoms with Crippen LogP contribution < -0.4 is 0 Å². The van der Waals surface area contributed by atoms with E-state index < -0.39 is 0 Å². The van der Waals surface area contributed by atoms with Gasteiger partial charge in [0, 0.05) is 23.2 Å². The van der Waals surface area contributed by atoms with Gasteiger partial charge in [-0.1, -0.05) is 35.0 Å². The predicted octanol–water partition coefficient (Wildman–Crippen LogP) is 3.25. The van der Waals surface area contributed by atoms with Crippen LogP contribution in [0.3, 0.4) is 0 Å². The molecule has 5 nitrogen and oxygen atoms in total. The normalized spacial score (nSPS) is 10.3. The Balaban J connectivity index is 1.87. The Morgan fingerprint density at radius 1 is 1.24 bits per heavy atom. The lowest BCUT2D eigenvalue weighted by Gasteiger charge is -1.98. The second kappa shape index (κ2) is 5.73. The van der Waals surface area contributed by atoms with Gasteiger partial charge >= 0.3 is 0 Å². The summed E-state index contributed by atoms with van der Waals surface area (Å²) in [4.78, 5) is 8.22. The zero-order chi connectivity index (χ0) is 14.7. The topological polar surface area (TPSA) is 75.6 Å². The molecule has 0 saturated carbocycles. The highest BCUT2D eigenvalue weighted by molar-refractivity contribution is 6.31. The molecule has 2 aromatic heterocycles. The standard InChI is InChI=1S/C15H9ClN4O/c16-13-4-2-1-3-10(13)8-14-19-15(21-20-14)11-5-6-18-12(7-11)9-17/h1-7H,8H2. The molecular formula is C15H9ClN4O. The highest BCUT2D eigenvalue weighted by atomic mass is 35.5. The Kier molecular flexibility index (Phi) is 3.63. The maximum atomic E-state index is 8.85.